The van der Waals surface area contributed by atoms with Crippen LogP contribution in [0.3, 0.4) is 0 Å². The number of likely N-dealkylation sites (tertiary alicyclic amines) is 1. The Balaban J connectivity index is 1.40. The molecule has 3 fully saturated rings. The van der Waals surface area contributed by atoms with Crippen LogP contribution in [0, 0.1) is 5.92 Å². The van der Waals surface area contributed by atoms with E-state index in [0.29, 0.717) is 13.2 Å². The Hall–Kier alpha value is -0.850. The first kappa shape index (κ1) is 15.1. The van der Waals surface area contributed by atoms with Crippen molar-refractivity contribution in [3.05, 3.63) is 0 Å². The molecule has 3 aliphatic heterocycles. The molecular formula is C15H27N3O3. The summed E-state index contributed by atoms with van der Waals surface area (Å²) < 4.78 is 10.7. The SMILES string of the molecule is O=C(N1CCOCC1)N1CCC(CN2CCOCC2)CC1. The molecule has 21 heavy (non-hydrogen) atoms. The molecule has 0 aliphatic carbocycles. The van der Waals surface area contributed by atoms with Crippen molar-refractivity contribution in [2.24, 2.45) is 5.92 Å². The van der Waals surface area contributed by atoms with Crippen molar-refractivity contribution in [1.29, 1.82) is 0 Å². The number of nitrogens with zero attached hydrogens (tertiary/aromatic N) is 3. The minimum atomic E-state index is 0.211. The quantitative estimate of drug-likeness (QED) is 0.744. The fraction of sp³-hybridized carbons (Fsp3) is 0.933. The standard InChI is InChI=1S/C15H27N3O3/c19-15(18-7-11-21-12-8-18)17-3-1-14(2-4-17)13-16-5-9-20-10-6-16/h14H,1-13H2. The highest BCUT2D eigenvalue weighted by molar-refractivity contribution is 5.74. The summed E-state index contributed by atoms with van der Waals surface area (Å²) in [6.07, 6.45) is 2.26. The molecule has 6 heteroatoms. The smallest absolute Gasteiger partial charge is 0.320 e. The van der Waals surface area contributed by atoms with Crippen LogP contribution < -0.4 is 0 Å². The Bertz CT molecular complexity index is 333. The lowest BCUT2D eigenvalue weighted by Crippen LogP contribution is -2.51. The van der Waals surface area contributed by atoms with Crippen molar-refractivity contribution in [2.45, 2.75) is 12.8 Å². The molecule has 2 amide bonds. The second kappa shape index (κ2) is 7.42. The van der Waals surface area contributed by atoms with Crippen LogP contribution in [0.15, 0.2) is 0 Å². The number of hydrogen-bond acceptors (Lipinski definition) is 4. The van der Waals surface area contributed by atoms with Crippen molar-refractivity contribution in [2.75, 3.05) is 72.2 Å². The number of carbonyl (C=O) groups excluding carboxylic acids is 1. The van der Waals surface area contributed by atoms with Gasteiger partial charge < -0.3 is 19.3 Å². The van der Waals surface area contributed by atoms with E-state index in [9.17, 15) is 4.79 Å². The third-order valence-electron chi connectivity index (χ3n) is 4.79. The Morgan fingerprint density at radius 3 is 1.95 bits per heavy atom. The molecule has 0 N–H and O–H groups in total. The van der Waals surface area contributed by atoms with Gasteiger partial charge in [0, 0.05) is 45.8 Å². The van der Waals surface area contributed by atoms with Crippen molar-refractivity contribution in [3.63, 3.8) is 0 Å². The van der Waals surface area contributed by atoms with E-state index < -0.39 is 0 Å². The molecule has 120 valence electrons. The van der Waals surface area contributed by atoms with Gasteiger partial charge in [-0.1, -0.05) is 0 Å². The zero-order valence-corrected chi connectivity index (χ0v) is 12.8. The first-order chi connectivity index (χ1) is 10.3. The molecule has 0 bridgehead atoms. The third-order valence-corrected chi connectivity index (χ3v) is 4.79. The molecule has 0 atom stereocenters. The van der Waals surface area contributed by atoms with Gasteiger partial charge in [0.2, 0.25) is 0 Å². The van der Waals surface area contributed by atoms with Gasteiger partial charge in [-0.15, -0.1) is 0 Å². The Morgan fingerprint density at radius 1 is 0.810 bits per heavy atom. The average Bonchev–Trinajstić information content (AvgIpc) is 2.57. The molecule has 0 aromatic heterocycles. The van der Waals surface area contributed by atoms with E-state index in [1.807, 2.05) is 9.80 Å². The van der Waals surface area contributed by atoms with E-state index in [0.717, 1.165) is 71.2 Å². The van der Waals surface area contributed by atoms with E-state index in [1.165, 1.54) is 6.54 Å². The zero-order valence-electron chi connectivity index (χ0n) is 12.8. The van der Waals surface area contributed by atoms with Crippen molar-refractivity contribution < 1.29 is 14.3 Å². The highest BCUT2D eigenvalue weighted by Gasteiger charge is 2.28. The number of hydrogen-bond donors (Lipinski definition) is 0. The maximum absolute atomic E-state index is 12.4. The fourth-order valence-corrected chi connectivity index (χ4v) is 3.41. The number of morpholine rings is 2. The van der Waals surface area contributed by atoms with Crippen molar-refractivity contribution in [3.8, 4) is 0 Å². The second-order valence-electron chi connectivity index (χ2n) is 6.23. The monoisotopic (exact) mass is 297 g/mol. The first-order valence-electron chi connectivity index (χ1n) is 8.24. The molecular weight excluding hydrogens is 270 g/mol. The van der Waals surface area contributed by atoms with E-state index >= 15 is 0 Å². The van der Waals surface area contributed by atoms with Gasteiger partial charge in [-0.2, -0.15) is 0 Å². The number of ether oxygens (including phenoxy) is 2. The summed E-state index contributed by atoms with van der Waals surface area (Å²) in [5.74, 6) is 0.733. The van der Waals surface area contributed by atoms with Crippen LogP contribution in [0.1, 0.15) is 12.8 Å². The molecule has 0 aromatic carbocycles. The fourth-order valence-electron chi connectivity index (χ4n) is 3.41. The van der Waals surface area contributed by atoms with Gasteiger partial charge in [-0.25, -0.2) is 4.79 Å². The van der Waals surface area contributed by atoms with Crippen molar-refractivity contribution >= 4 is 6.03 Å². The van der Waals surface area contributed by atoms with Gasteiger partial charge in [0.15, 0.2) is 0 Å². The number of piperidine rings is 1. The van der Waals surface area contributed by atoms with Crippen LogP contribution in [0.4, 0.5) is 4.79 Å². The molecule has 0 spiro atoms. The summed E-state index contributed by atoms with van der Waals surface area (Å²) in [7, 11) is 0. The van der Waals surface area contributed by atoms with Crippen LogP contribution in [0.5, 0.6) is 0 Å². The number of amides is 2. The number of carbonyl (C=O) groups is 1. The van der Waals surface area contributed by atoms with E-state index in [2.05, 4.69) is 4.90 Å². The molecule has 3 saturated heterocycles. The summed E-state index contributed by atoms with van der Waals surface area (Å²) in [6.45, 7) is 9.69. The van der Waals surface area contributed by atoms with E-state index in [1.54, 1.807) is 0 Å². The topological polar surface area (TPSA) is 45.2 Å². The van der Waals surface area contributed by atoms with Gasteiger partial charge in [-0.05, 0) is 18.8 Å². The van der Waals surface area contributed by atoms with E-state index in [-0.39, 0.29) is 6.03 Å². The molecule has 3 rings (SSSR count). The van der Waals surface area contributed by atoms with Crippen LogP contribution in [0.25, 0.3) is 0 Å². The Kier molecular flexibility index (Phi) is 5.32. The predicted molar refractivity (Wildman–Crippen MR) is 79.3 cm³/mol. The second-order valence-corrected chi connectivity index (χ2v) is 6.23. The lowest BCUT2D eigenvalue weighted by molar-refractivity contribution is 0.0221. The third kappa shape index (κ3) is 4.08. The highest BCUT2D eigenvalue weighted by Crippen LogP contribution is 2.20. The molecule has 0 saturated carbocycles. The summed E-state index contributed by atoms with van der Waals surface area (Å²) >= 11 is 0. The van der Waals surface area contributed by atoms with Gasteiger partial charge in [0.1, 0.15) is 0 Å². The van der Waals surface area contributed by atoms with Gasteiger partial charge >= 0.3 is 6.03 Å². The highest BCUT2D eigenvalue weighted by atomic mass is 16.5. The van der Waals surface area contributed by atoms with Crippen LogP contribution >= 0.6 is 0 Å². The lowest BCUT2D eigenvalue weighted by atomic mass is 9.96. The largest absolute Gasteiger partial charge is 0.379 e. The molecule has 6 nitrogen and oxygen atoms in total. The van der Waals surface area contributed by atoms with Crippen molar-refractivity contribution in [1.82, 2.24) is 14.7 Å². The van der Waals surface area contributed by atoms with E-state index in [4.69, 9.17) is 9.47 Å². The molecule has 0 radical (unpaired) electrons. The number of rotatable bonds is 2. The number of urea groups is 1. The Morgan fingerprint density at radius 2 is 1.33 bits per heavy atom. The minimum Gasteiger partial charge on any atom is -0.379 e. The molecule has 3 aliphatic rings. The summed E-state index contributed by atoms with van der Waals surface area (Å²) in [4.78, 5) is 18.9. The molecule has 3 heterocycles. The van der Waals surface area contributed by atoms with Crippen LogP contribution in [0.2, 0.25) is 0 Å². The lowest BCUT2D eigenvalue weighted by Gasteiger charge is -2.38. The molecule has 0 unspecified atom stereocenters. The summed E-state index contributed by atoms with van der Waals surface area (Å²) in [5.41, 5.74) is 0. The summed E-state index contributed by atoms with van der Waals surface area (Å²) in [6, 6.07) is 0.211. The van der Waals surface area contributed by atoms with Crippen LogP contribution in [-0.2, 0) is 9.47 Å². The van der Waals surface area contributed by atoms with Gasteiger partial charge in [0.25, 0.3) is 0 Å². The zero-order chi connectivity index (χ0) is 14.5. The predicted octanol–water partition coefficient (Wildman–Crippen LogP) is 0.483. The maximum atomic E-state index is 12.4. The van der Waals surface area contributed by atoms with Gasteiger partial charge in [0.05, 0.1) is 26.4 Å². The van der Waals surface area contributed by atoms with Crippen LogP contribution in [-0.4, -0.2) is 93.0 Å². The summed E-state index contributed by atoms with van der Waals surface area (Å²) in [5, 5.41) is 0. The van der Waals surface area contributed by atoms with Gasteiger partial charge in [-0.3, -0.25) is 4.90 Å². The Labute approximate surface area is 126 Å². The maximum Gasteiger partial charge on any atom is 0.320 e. The first-order valence-corrected chi connectivity index (χ1v) is 8.24. The molecule has 0 aromatic rings. The normalized spacial score (nSPS) is 26.1. The average molecular weight is 297 g/mol. The minimum absolute atomic E-state index is 0.211.